The number of esters is 2. The highest BCUT2D eigenvalue weighted by atomic mass is 79.9. The Bertz CT molecular complexity index is 2210. The van der Waals surface area contributed by atoms with Gasteiger partial charge in [0.2, 0.25) is 0 Å². The topological polar surface area (TPSA) is 97.1 Å². The van der Waals surface area contributed by atoms with Crippen molar-refractivity contribution in [3.8, 4) is 11.1 Å². The third kappa shape index (κ3) is 5.24. The third-order valence-corrected chi connectivity index (χ3v) is 10.2. The van der Waals surface area contributed by atoms with Crippen LogP contribution in [0.3, 0.4) is 0 Å². The Balaban J connectivity index is 0.00000420. The fraction of sp³-hybridized carbons (Fsp3) is 0.167. The van der Waals surface area contributed by atoms with Crippen molar-refractivity contribution < 1.29 is 50.2 Å². The van der Waals surface area contributed by atoms with Gasteiger partial charge in [0.1, 0.15) is 12.2 Å². The van der Waals surface area contributed by atoms with E-state index in [0.29, 0.717) is 19.5 Å². The number of fused-ring (bicyclic) bond motifs is 9. The standard InChI is InChI=1S/C42H34N3O6.BrH/c1-50-40(48)38-39(41(49)51-2)45-34-15-8-5-10-29(34)28(17-16-27-20-24-43(25-21-27)22-9-23-44-36(46)18-19-37(44)47)26-35(45)42(38)32-13-6-3-11-30(32)31-12-4-7-14-33(31)42;/h3-8,10-21,24-26,35H,9,22-23H2,1-2H3;1H/q+1;/p-1/b17-16+;. The van der Waals surface area contributed by atoms with Gasteiger partial charge in [-0.1, -0.05) is 85.0 Å². The number of anilines is 1. The van der Waals surface area contributed by atoms with Crippen LogP contribution in [0.1, 0.15) is 28.7 Å². The summed E-state index contributed by atoms with van der Waals surface area (Å²) in [5.74, 6) is -1.74. The summed E-state index contributed by atoms with van der Waals surface area (Å²) in [5.41, 5.74) is 6.76. The van der Waals surface area contributed by atoms with Gasteiger partial charge >= 0.3 is 11.9 Å². The van der Waals surface area contributed by atoms with E-state index in [1.54, 1.807) is 0 Å². The maximum Gasteiger partial charge on any atom is 0.355 e. The SMILES string of the molecule is COC(=O)C1=C(C(=O)OC)C2(c3ccccc3-c3ccccc32)C2C=C(/C=C/c3cc[n+](CCCN4C(=O)C=CC4=O)cc3)c3ccccc3N12.[Br-]. The van der Waals surface area contributed by atoms with Crippen LogP contribution in [0, 0.1) is 0 Å². The number of methoxy groups -OCH3 is 2. The third-order valence-electron chi connectivity index (χ3n) is 10.2. The lowest BCUT2D eigenvalue weighted by molar-refractivity contribution is -0.697. The van der Waals surface area contributed by atoms with Crippen molar-refractivity contribution >= 4 is 41.1 Å². The number of allylic oxidation sites excluding steroid dienone is 2. The first-order chi connectivity index (χ1) is 24.9. The number of hydrogen-bond acceptors (Lipinski definition) is 7. The van der Waals surface area contributed by atoms with Gasteiger partial charge in [-0.3, -0.25) is 14.5 Å². The molecule has 10 heteroatoms. The Morgan fingerprint density at radius 2 is 1.35 bits per heavy atom. The molecule has 9 nitrogen and oxygen atoms in total. The maximum absolute atomic E-state index is 14.1. The molecule has 3 aliphatic heterocycles. The largest absolute Gasteiger partial charge is 1.00 e. The second-order valence-electron chi connectivity index (χ2n) is 12.8. The van der Waals surface area contributed by atoms with Gasteiger partial charge in [-0.05, 0) is 39.5 Å². The summed E-state index contributed by atoms with van der Waals surface area (Å²) in [4.78, 5) is 54.9. The summed E-state index contributed by atoms with van der Waals surface area (Å²) < 4.78 is 12.9. The van der Waals surface area contributed by atoms with Crippen LogP contribution >= 0.6 is 0 Å². The molecule has 4 heterocycles. The number of aromatic nitrogens is 1. The minimum absolute atomic E-state index is 0. The van der Waals surface area contributed by atoms with Gasteiger partial charge in [-0.25, -0.2) is 14.2 Å². The lowest BCUT2D eigenvalue weighted by Gasteiger charge is -2.41. The fourth-order valence-corrected chi connectivity index (χ4v) is 8.08. The van der Waals surface area contributed by atoms with E-state index in [0.717, 1.165) is 44.6 Å². The summed E-state index contributed by atoms with van der Waals surface area (Å²) in [5, 5.41) is 0. The lowest BCUT2D eigenvalue weighted by atomic mass is 9.67. The average Bonchev–Trinajstić information content (AvgIpc) is 3.77. The molecule has 4 aliphatic rings. The number of halogens is 1. The van der Waals surface area contributed by atoms with E-state index < -0.39 is 23.4 Å². The number of nitrogens with zero attached hydrogens (tertiary/aromatic N) is 3. The van der Waals surface area contributed by atoms with Crippen LogP contribution in [0.4, 0.5) is 5.69 Å². The molecule has 1 spiro atoms. The minimum atomic E-state index is -1.07. The highest BCUT2D eigenvalue weighted by Crippen LogP contribution is 2.62. The number of carbonyl (C=O) groups excluding carboxylic acids is 4. The van der Waals surface area contributed by atoms with Gasteiger partial charge in [-0.15, -0.1) is 0 Å². The predicted octanol–water partition coefficient (Wildman–Crippen LogP) is 2.16. The first-order valence-corrected chi connectivity index (χ1v) is 16.8. The number of pyridine rings is 1. The van der Waals surface area contributed by atoms with Crippen LogP contribution in [0.2, 0.25) is 0 Å². The Morgan fingerprint density at radius 1 is 0.769 bits per heavy atom. The second-order valence-corrected chi connectivity index (χ2v) is 12.8. The normalized spacial score (nSPS) is 17.5. The maximum atomic E-state index is 14.1. The summed E-state index contributed by atoms with van der Waals surface area (Å²) in [6.07, 6.45) is 13.5. The number of rotatable bonds is 8. The molecule has 52 heavy (non-hydrogen) atoms. The second kappa shape index (κ2) is 13.7. The van der Waals surface area contributed by atoms with Crippen molar-refractivity contribution in [2.45, 2.75) is 24.4 Å². The van der Waals surface area contributed by atoms with Crippen molar-refractivity contribution in [1.82, 2.24) is 4.90 Å². The number of aryl methyl sites for hydroxylation is 1. The molecule has 0 radical (unpaired) electrons. The number of ether oxygens (including phenoxy) is 2. The van der Waals surface area contributed by atoms with Crippen molar-refractivity contribution in [1.29, 1.82) is 0 Å². The molecule has 1 atom stereocenters. The van der Waals surface area contributed by atoms with Gasteiger partial charge in [0, 0.05) is 48.5 Å². The van der Waals surface area contributed by atoms with Crippen LogP contribution in [0.5, 0.6) is 0 Å². The van der Waals surface area contributed by atoms with E-state index in [1.807, 2.05) is 101 Å². The zero-order valence-electron chi connectivity index (χ0n) is 28.5. The van der Waals surface area contributed by atoms with E-state index in [2.05, 4.69) is 24.3 Å². The number of carbonyl (C=O) groups is 4. The van der Waals surface area contributed by atoms with Crippen LogP contribution in [-0.4, -0.2) is 55.5 Å². The smallest absolute Gasteiger partial charge is 0.355 e. The lowest BCUT2D eigenvalue weighted by Crippen LogP contribution is -3.00. The van der Waals surface area contributed by atoms with Crippen LogP contribution in [0.15, 0.2) is 133 Å². The van der Waals surface area contributed by atoms with Gasteiger partial charge in [0.05, 0.1) is 31.2 Å². The van der Waals surface area contributed by atoms with E-state index in [9.17, 15) is 19.2 Å². The first-order valence-electron chi connectivity index (χ1n) is 16.8. The minimum Gasteiger partial charge on any atom is -1.00 e. The molecular weight excluding hydrogens is 722 g/mol. The Kier molecular flexibility index (Phi) is 9.10. The molecule has 2 amide bonds. The van der Waals surface area contributed by atoms with Crippen molar-refractivity contribution in [3.63, 3.8) is 0 Å². The van der Waals surface area contributed by atoms with E-state index in [1.165, 1.54) is 31.3 Å². The molecule has 0 bridgehead atoms. The first kappa shape index (κ1) is 34.6. The highest BCUT2D eigenvalue weighted by molar-refractivity contribution is 6.13. The van der Waals surface area contributed by atoms with Crippen molar-refractivity contribution in [2.24, 2.45) is 0 Å². The molecule has 1 aromatic heterocycles. The van der Waals surface area contributed by atoms with E-state index in [4.69, 9.17) is 9.47 Å². The number of imide groups is 1. The van der Waals surface area contributed by atoms with Gasteiger partial charge in [0.15, 0.2) is 12.4 Å². The van der Waals surface area contributed by atoms with E-state index >= 15 is 0 Å². The summed E-state index contributed by atoms with van der Waals surface area (Å²) in [6.45, 7) is 1.02. The summed E-state index contributed by atoms with van der Waals surface area (Å²) in [6, 6.07) is 27.5. The van der Waals surface area contributed by atoms with Crippen molar-refractivity contribution in [2.75, 3.05) is 25.7 Å². The molecular formula is C42H34BrN3O6. The quantitative estimate of drug-likeness (QED) is 0.155. The molecule has 0 N–H and O–H groups in total. The van der Waals surface area contributed by atoms with Crippen molar-refractivity contribution in [3.05, 3.63) is 155 Å². The molecule has 0 saturated heterocycles. The summed E-state index contributed by atoms with van der Waals surface area (Å²) >= 11 is 0. The Hall–Kier alpha value is -5.87. The Labute approximate surface area is 311 Å². The number of amides is 2. The fourth-order valence-electron chi connectivity index (χ4n) is 8.08. The molecule has 1 aliphatic carbocycles. The zero-order valence-corrected chi connectivity index (χ0v) is 30.1. The number of benzene rings is 3. The Morgan fingerprint density at radius 3 is 1.96 bits per heavy atom. The molecule has 1 unspecified atom stereocenters. The van der Waals surface area contributed by atoms with Crippen LogP contribution < -0.4 is 26.4 Å². The zero-order chi connectivity index (χ0) is 35.3. The molecule has 260 valence electrons. The molecule has 4 aromatic rings. The number of hydrogen-bond donors (Lipinski definition) is 0. The van der Waals surface area contributed by atoms with Crippen LogP contribution in [0.25, 0.3) is 22.8 Å². The molecule has 0 fully saturated rings. The molecule has 8 rings (SSSR count). The highest BCUT2D eigenvalue weighted by Gasteiger charge is 2.63. The average molecular weight is 757 g/mol. The molecule has 0 saturated carbocycles. The monoisotopic (exact) mass is 755 g/mol. The predicted molar refractivity (Wildman–Crippen MR) is 191 cm³/mol. The summed E-state index contributed by atoms with van der Waals surface area (Å²) in [7, 11) is 2.67. The van der Waals surface area contributed by atoms with Crippen LogP contribution in [-0.2, 0) is 40.6 Å². The number of para-hydroxylation sites is 1. The van der Waals surface area contributed by atoms with E-state index in [-0.39, 0.29) is 40.1 Å². The molecule has 3 aromatic carbocycles. The van der Waals surface area contributed by atoms with Gasteiger partial charge < -0.3 is 31.4 Å². The van der Waals surface area contributed by atoms with Gasteiger partial charge in [0.25, 0.3) is 11.8 Å². The van der Waals surface area contributed by atoms with Gasteiger partial charge in [-0.2, -0.15) is 0 Å².